The number of nitrogens with two attached hydrogens (primary N) is 1. The van der Waals surface area contributed by atoms with Gasteiger partial charge in [-0.25, -0.2) is 14.6 Å². The SMILES string of the molecule is CC(C)OC(=O)C(C)NP(=O)(OCCSC(=O)C(C)(C)C)OC[C@@H]1CC(Cl)(Cl)[C@H](n2cnc3c(=O)[nH]c(N)nc32)O1. The number of hydrogen-bond acceptors (Lipinski definition) is 12. The molecule has 4 N–H and O–H groups in total. The van der Waals surface area contributed by atoms with Crippen LogP contribution in [0.3, 0.4) is 0 Å². The molecule has 1 aliphatic heterocycles. The molecule has 0 bridgehead atoms. The number of imidazole rings is 1. The van der Waals surface area contributed by atoms with Gasteiger partial charge in [-0.2, -0.15) is 4.98 Å². The summed E-state index contributed by atoms with van der Waals surface area (Å²) in [4.78, 5) is 47.3. The summed E-state index contributed by atoms with van der Waals surface area (Å²) in [6, 6.07) is -1.04. The van der Waals surface area contributed by atoms with Crippen molar-refractivity contribution >= 4 is 70.9 Å². The first-order valence-electron chi connectivity index (χ1n) is 12.7. The van der Waals surface area contributed by atoms with E-state index in [-0.39, 0.29) is 47.6 Å². The van der Waals surface area contributed by atoms with E-state index in [4.69, 9.17) is 47.5 Å². The van der Waals surface area contributed by atoms with Gasteiger partial charge in [0.1, 0.15) is 6.04 Å². The number of thioether (sulfide) groups is 1. The van der Waals surface area contributed by atoms with Gasteiger partial charge in [0.05, 0.1) is 31.7 Å². The summed E-state index contributed by atoms with van der Waals surface area (Å²) < 4.78 is 35.9. The number of aromatic amines is 1. The number of anilines is 1. The van der Waals surface area contributed by atoms with E-state index in [2.05, 4.69) is 20.0 Å². The van der Waals surface area contributed by atoms with Crippen LogP contribution < -0.4 is 16.4 Å². The lowest BCUT2D eigenvalue weighted by molar-refractivity contribution is -0.149. The molecule has 3 rings (SSSR count). The monoisotopic (exact) mass is 656 g/mol. The topological polar surface area (TPSA) is 190 Å². The number of nitrogens with one attached hydrogen (secondary N) is 2. The Kier molecular flexibility index (Phi) is 11.0. The molecule has 2 aromatic heterocycles. The van der Waals surface area contributed by atoms with Gasteiger partial charge in [-0.05, 0) is 20.8 Å². The van der Waals surface area contributed by atoms with Crippen LogP contribution in [0.5, 0.6) is 0 Å². The lowest BCUT2D eigenvalue weighted by atomic mass is 10.00. The van der Waals surface area contributed by atoms with Crippen molar-refractivity contribution in [2.24, 2.45) is 5.41 Å². The second-order valence-electron chi connectivity index (χ2n) is 10.7. The summed E-state index contributed by atoms with van der Waals surface area (Å²) in [5, 5.41) is 2.52. The van der Waals surface area contributed by atoms with Gasteiger partial charge in [0.25, 0.3) is 5.56 Å². The van der Waals surface area contributed by atoms with Crippen LogP contribution in [0.1, 0.15) is 54.2 Å². The quantitative estimate of drug-likeness (QED) is 0.130. The molecule has 1 aliphatic rings. The minimum Gasteiger partial charge on any atom is -0.462 e. The van der Waals surface area contributed by atoms with Crippen molar-refractivity contribution in [3.63, 3.8) is 0 Å². The van der Waals surface area contributed by atoms with E-state index in [0.717, 1.165) is 11.8 Å². The summed E-state index contributed by atoms with van der Waals surface area (Å²) in [5.41, 5.74) is 4.70. The Morgan fingerprint density at radius 2 is 2.02 bits per heavy atom. The Hall–Kier alpha value is -1.71. The Balaban J connectivity index is 1.72. The van der Waals surface area contributed by atoms with E-state index in [1.807, 2.05) is 0 Å². The highest BCUT2D eigenvalue weighted by Crippen LogP contribution is 2.50. The molecule has 0 radical (unpaired) electrons. The highest BCUT2D eigenvalue weighted by molar-refractivity contribution is 8.13. The van der Waals surface area contributed by atoms with Crippen LogP contribution in [0.2, 0.25) is 0 Å². The largest absolute Gasteiger partial charge is 0.462 e. The first kappa shape index (κ1) is 33.8. The zero-order chi connectivity index (χ0) is 30.8. The Labute approximate surface area is 251 Å². The molecule has 18 heteroatoms. The minimum absolute atomic E-state index is 0.0128. The van der Waals surface area contributed by atoms with Crippen molar-refractivity contribution < 1.29 is 32.7 Å². The van der Waals surface area contributed by atoms with E-state index in [1.54, 1.807) is 34.6 Å². The third kappa shape index (κ3) is 8.90. The smallest absolute Gasteiger partial charge is 0.406 e. The molecule has 0 amide bonds. The first-order valence-corrected chi connectivity index (χ1v) is 16.0. The number of halogens is 2. The number of ether oxygens (including phenoxy) is 2. The number of carbonyl (C=O) groups excluding carboxylic acids is 2. The zero-order valence-electron chi connectivity index (χ0n) is 23.5. The van der Waals surface area contributed by atoms with Crippen LogP contribution in [0, 0.1) is 5.41 Å². The standard InChI is InChI=1S/C23H35Cl2N6O8PS/c1-12(2)38-18(33)13(3)30-40(35,36-7-8-41-20(34)22(4,5)6)37-10-14-9-23(24,25)19(39-14)31-11-27-15-16(31)28-21(26)29-17(15)32/h11-14,19H,7-10H2,1-6H3,(H,30,35)(H3,26,28,29,32)/t13?,14-,19+,40?/m0/s1. The Bertz CT molecular complexity index is 1360. The Morgan fingerprint density at radius 3 is 2.66 bits per heavy atom. The van der Waals surface area contributed by atoms with E-state index in [9.17, 15) is 18.9 Å². The maximum absolute atomic E-state index is 13.7. The summed E-state index contributed by atoms with van der Waals surface area (Å²) >= 11 is 14.2. The van der Waals surface area contributed by atoms with Gasteiger partial charge in [-0.15, -0.1) is 0 Å². The number of carbonyl (C=O) groups is 2. The molecule has 0 saturated carbocycles. The summed E-state index contributed by atoms with van der Waals surface area (Å²) in [6.07, 6.45) is -0.906. The molecule has 4 atom stereocenters. The predicted molar refractivity (Wildman–Crippen MR) is 156 cm³/mol. The van der Waals surface area contributed by atoms with Crippen molar-refractivity contribution in [2.75, 3.05) is 24.7 Å². The molecule has 0 aliphatic carbocycles. The number of fused-ring (bicyclic) bond motifs is 1. The lowest BCUT2D eigenvalue weighted by Gasteiger charge is -2.24. The number of H-pyrrole nitrogens is 1. The molecule has 2 aromatic rings. The van der Waals surface area contributed by atoms with E-state index in [0.29, 0.717) is 0 Å². The second-order valence-corrected chi connectivity index (χ2v) is 15.1. The fourth-order valence-electron chi connectivity index (χ4n) is 3.64. The molecule has 230 valence electrons. The first-order chi connectivity index (χ1) is 18.9. The van der Waals surface area contributed by atoms with Crippen molar-refractivity contribution in [1.29, 1.82) is 0 Å². The molecule has 2 unspecified atom stereocenters. The van der Waals surface area contributed by atoms with Crippen molar-refractivity contribution in [3.8, 4) is 0 Å². The lowest BCUT2D eigenvalue weighted by Crippen LogP contribution is -2.36. The van der Waals surface area contributed by atoms with Gasteiger partial charge in [-0.3, -0.25) is 33.0 Å². The second kappa shape index (κ2) is 13.3. The van der Waals surface area contributed by atoms with Crippen LogP contribution in [0.4, 0.5) is 5.95 Å². The van der Waals surface area contributed by atoms with Gasteiger partial charge < -0.3 is 15.2 Å². The van der Waals surface area contributed by atoms with Gasteiger partial charge in [0.15, 0.2) is 26.8 Å². The molecule has 0 spiro atoms. The number of aromatic nitrogens is 4. The number of alkyl halides is 2. The number of hydrogen-bond donors (Lipinski definition) is 3. The normalized spacial score (nSPS) is 21.2. The third-order valence-electron chi connectivity index (χ3n) is 5.56. The Morgan fingerprint density at radius 1 is 1.34 bits per heavy atom. The van der Waals surface area contributed by atoms with Crippen molar-refractivity contribution in [2.45, 2.75) is 76.8 Å². The molecule has 14 nitrogen and oxygen atoms in total. The molecule has 1 fully saturated rings. The number of nitrogen functional groups attached to an aromatic ring is 1. The highest BCUT2D eigenvalue weighted by Gasteiger charge is 2.49. The molecular formula is C23H35Cl2N6O8PS. The highest BCUT2D eigenvalue weighted by atomic mass is 35.5. The van der Waals surface area contributed by atoms with E-state index in [1.165, 1.54) is 17.8 Å². The van der Waals surface area contributed by atoms with Gasteiger partial charge >= 0.3 is 13.7 Å². The van der Waals surface area contributed by atoms with Crippen molar-refractivity contribution in [1.82, 2.24) is 24.6 Å². The molecule has 3 heterocycles. The summed E-state index contributed by atoms with van der Waals surface area (Å²) in [6.45, 7) is 9.78. The molecule has 1 saturated heterocycles. The number of rotatable bonds is 12. The average Bonchev–Trinajstić information content (AvgIpc) is 3.38. The average molecular weight is 658 g/mol. The summed E-state index contributed by atoms with van der Waals surface area (Å²) in [7, 11) is -4.13. The van der Waals surface area contributed by atoms with Gasteiger partial charge in [0, 0.05) is 17.6 Å². The fraction of sp³-hybridized carbons (Fsp3) is 0.696. The number of nitrogens with zero attached hydrogens (tertiary/aromatic N) is 3. The van der Waals surface area contributed by atoms with Crippen LogP contribution in [0.15, 0.2) is 11.1 Å². The van der Waals surface area contributed by atoms with Crippen LogP contribution in [-0.4, -0.2) is 72.2 Å². The zero-order valence-corrected chi connectivity index (χ0v) is 26.7. The summed E-state index contributed by atoms with van der Waals surface area (Å²) in [5.74, 6) is -0.586. The third-order valence-corrected chi connectivity index (χ3v) is 9.21. The maximum atomic E-state index is 13.7. The predicted octanol–water partition coefficient (Wildman–Crippen LogP) is 3.54. The van der Waals surface area contributed by atoms with Gasteiger partial charge in [-0.1, -0.05) is 55.7 Å². The molecule has 41 heavy (non-hydrogen) atoms. The van der Waals surface area contributed by atoms with E-state index < -0.39 is 53.5 Å². The van der Waals surface area contributed by atoms with E-state index >= 15 is 0 Å². The molecule has 0 aromatic carbocycles. The van der Waals surface area contributed by atoms with Gasteiger partial charge in [0.2, 0.25) is 5.95 Å². The fourth-order valence-corrected chi connectivity index (χ4v) is 6.71. The number of esters is 1. The van der Waals surface area contributed by atoms with Crippen molar-refractivity contribution in [3.05, 3.63) is 16.7 Å². The maximum Gasteiger partial charge on any atom is 0.406 e. The van der Waals surface area contributed by atoms with Crippen LogP contribution in [-0.2, 0) is 32.7 Å². The van der Waals surface area contributed by atoms with Crippen LogP contribution in [0.25, 0.3) is 11.2 Å². The van der Waals surface area contributed by atoms with Crippen LogP contribution >= 0.6 is 42.7 Å². The molecular weight excluding hydrogens is 622 g/mol. The minimum atomic E-state index is -4.13.